The lowest BCUT2D eigenvalue weighted by atomic mass is 10.0. The molecule has 316 valence electrons. The first-order valence-corrected chi connectivity index (χ1v) is 22.2. The molecule has 0 aromatic carbocycles. The summed E-state index contributed by atoms with van der Waals surface area (Å²) in [4.78, 5) is 41.2. The number of carboxylic acid groups (broad SMARTS) is 2. The van der Waals surface area contributed by atoms with Gasteiger partial charge in [-0.25, -0.2) is 9.59 Å². The number of carboxylic acids is 2. The van der Waals surface area contributed by atoms with E-state index in [1.54, 1.807) is 0 Å². The molecule has 10 heteroatoms. The van der Waals surface area contributed by atoms with Crippen LogP contribution in [-0.4, -0.2) is 44.1 Å². The van der Waals surface area contributed by atoms with Gasteiger partial charge in [0.25, 0.3) is 0 Å². The third-order valence-electron chi connectivity index (χ3n) is 10.1. The molecule has 2 atom stereocenters. The standard InChI is InChI=1S/2C22H41NO4/c2*1-2-3-4-5-6-7-8-9-10-11-12-13-14-15-16-17-18-19-20-21(22(24)25)23(26)27/h2*9-10,21H,2-8,11-20H2,1H3,(H,24,25)/b2*10-9-. The van der Waals surface area contributed by atoms with E-state index in [0.29, 0.717) is 12.8 Å². The molecule has 2 unspecified atom stereocenters. The van der Waals surface area contributed by atoms with Crippen LogP contribution < -0.4 is 0 Å². The molecule has 0 aromatic heterocycles. The maximum atomic E-state index is 10.7. The fourth-order valence-corrected chi connectivity index (χ4v) is 6.52. The fraction of sp³-hybridized carbons (Fsp3) is 0.864. The van der Waals surface area contributed by atoms with E-state index in [-0.39, 0.29) is 12.8 Å². The molecular formula is C44H82N2O8. The molecule has 0 rings (SSSR count). The Morgan fingerprint density at radius 1 is 0.407 bits per heavy atom. The summed E-state index contributed by atoms with van der Waals surface area (Å²) in [5, 5.41) is 38.6. The first kappa shape index (κ1) is 53.3. The van der Waals surface area contributed by atoms with Crippen molar-refractivity contribution in [3.05, 3.63) is 44.5 Å². The molecule has 0 radical (unpaired) electrons. The number of hydrogen-bond donors (Lipinski definition) is 2. The minimum absolute atomic E-state index is 0.146. The smallest absolute Gasteiger partial charge is 0.379 e. The van der Waals surface area contributed by atoms with Crippen LogP contribution in [0.2, 0.25) is 0 Å². The average molecular weight is 767 g/mol. The lowest BCUT2D eigenvalue weighted by molar-refractivity contribution is -0.511. The Bertz CT molecular complexity index is 838. The summed E-state index contributed by atoms with van der Waals surface area (Å²) in [6.07, 6.45) is 48.2. The van der Waals surface area contributed by atoms with E-state index in [4.69, 9.17) is 10.2 Å². The number of aliphatic carboxylic acids is 2. The summed E-state index contributed by atoms with van der Waals surface area (Å²) in [6, 6.07) is -2.86. The third-order valence-corrected chi connectivity index (χ3v) is 10.1. The zero-order chi connectivity index (χ0) is 40.3. The zero-order valence-electron chi connectivity index (χ0n) is 34.7. The van der Waals surface area contributed by atoms with Gasteiger partial charge >= 0.3 is 24.0 Å². The molecule has 0 aliphatic heterocycles. The molecule has 0 amide bonds. The molecule has 0 aromatic rings. The van der Waals surface area contributed by atoms with Crippen LogP contribution in [0.15, 0.2) is 24.3 Å². The van der Waals surface area contributed by atoms with Gasteiger partial charge in [0.2, 0.25) is 0 Å². The Kier molecular flexibility index (Phi) is 42.4. The lowest BCUT2D eigenvalue weighted by Gasteiger charge is -2.04. The van der Waals surface area contributed by atoms with Crippen molar-refractivity contribution in [3.8, 4) is 0 Å². The van der Waals surface area contributed by atoms with Gasteiger partial charge in [-0.3, -0.25) is 20.2 Å². The van der Waals surface area contributed by atoms with Crippen molar-refractivity contribution in [1.29, 1.82) is 0 Å². The van der Waals surface area contributed by atoms with Gasteiger partial charge in [-0.15, -0.1) is 0 Å². The predicted octanol–water partition coefficient (Wildman–Crippen LogP) is 13.8. The predicted molar refractivity (Wildman–Crippen MR) is 223 cm³/mol. The average Bonchev–Trinajstić information content (AvgIpc) is 3.13. The van der Waals surface area contributed by atoms with E-state index in [1.165, 1.54) is 154 Å². The van der Waals surface area contributed by atoms with Gasteiger partial charge in [-0.05, 0) is 64.2 Å². The van der Waals surface area contributed by atoms with Gasteiger partial charge in [0.05, 0.1) is 0 Å². The van der Waals surface area contributed by atoms with E-state index in [0.717, 1.165) is 38.5 Å². The highest BCUT2D eigenvalue weighted by Gasteiger charge is 2.28. The van der Waals surface area contributed by atoms with Crippen molar-refractivity contribution in [1.82, 2.24) is 0 Å². The number of rotatable bonds is 40. The minimum atomic E-state index is -1.43. The summed E-state index contributed by atoms with van der Waals surface area (Å²) < 4.78 is 0. The van der Waals surface area contributed by atoms with Crippen LogP contribution in [0.5, 0.6) is 0 Å². The molecule has 0 aliphatic carbocycles. The van der Waals surface area contributed by atoms with Crippen molar-refractivity contribution in [2.24, 2.45) is 0 Å². The van der Waals surface area contributed by atoms with Crippen LogP contribution in [0, 0.1) is 20.2 Å². The van der Waals surface area contributed by atoms with E-state index >= 15 is 0 Å². The van der Waals surface area contributed by atoms with Crippen LogP contribution in [0.1, 0.15) is 232 Å². The van der Waals surface area contributed by atoms with Gasteiger partial charge in [-0.2, -0.15) is 0 Å². The number of unbranched alkanes of at least 4 members (excludes halogenated alkanes) is 28. The second-order valence-electron chi connectivity index (χ2n) is 15.1. The maximum Gasteiger partial charge on any atom is 0.379 e. The van der Waals surface area contributed by atoms with E-state index in [9.17, 15) is 29.8 Å². The number of carbonyl (C=O) groups is 2. The normalized spacial score (nSPS) is 12.5. The summed E-state index contributed by atoms with van der Waals surface area (Å²) in [5.41, 5.74) is 0. The first-order valence-electron chi connectivity index (χ1n) is 22.2. The van der Waals surface area contributed by atoms with Gasteiger partial charge in [0.15, 0.2) is 0 Å². The lowest BCUT2D eigenvalue weighted by Crippen LogP contribution is -2.28. The number of hydrogen-bond acceptors (Lipinski definition) is 6. The van der Waals surface area contributed by atoms with Gasteiger partial charge in [0, 0.05) is 22.7 Å². The Morgan fingerprint density at radius 3 is 0.815 bits per heavy atom. The molecular weight excluding hydrogens is 684 g/mol. The molecule has 10 nitrogen and oxygen atoms in total. The molecule has 0 saturated carbocycles. The van der Waals surface area contributed by atoms with Gasteiger partial charge < -0.3 is 10.2 Å². The fourth-order valence-electron chi connectivity index (χ4n) is 6.52. The van der Waals surface area contributed by atoms with Crippen molar-refractivity contribution >= 4 is 11.9 Å². The molecule has 0 bridgehead atoms. The molecule has 0 spiro atoms. The third kappa shape index (κ3) is 40.4. The first-order chi connectivity index (χ1) is 26.2. The van der Waals surface area contributed by atoms with Crippen LogP contribution >= 0.6 is 0 Å². The van der Waals surface area contributed by atoms with Gasteiger partial charge in [0.1, 0.15) is 0 Å². The topological polar surface area (TPSA) is 161 Å². The van der Waals surface area contributed by atoms with Crippen LogP contribution in [-0.2, 0) is 9.59 Å². The molecule has 2 N–H and O–H groups in total. The van der Waals surface area contributed by atoms with Crippen molar-refractivity contribution in [2.45, 2.75) is 244 Å². The molecule has 0 heterocycles. The maximum absolute atomic E-state index is 10.7. The van der Waals surface area contributed by atoms with Crippen LogP contribution in [0.25, 0.3) is 0 Å². The highest BCUT2D eigenvalue weighted by Crippen LogP contribution is 2.15. The molecule has 54 heavy (non-hydrogen) atoms. The highest BCUT2D eigenvalue weighted by molar-refractivity contribution is 5.72. The second kappa shape index (κ2) is 43.0. The Morgan fingerprint density at radius 2 is 0.611 bits per heavy atom. The highest BCUT2D eigenvalue weighted by atomic mass is 16.6. The number of allylic oxidation sites excluding steroid dienone is 4. The monoisotopic (exact) mass is 767 g/mol. The Hall–Kier alpha value is -2.78. The van der Waals surface area contributed by atoms with E-state index in [1.807, 2.05) is 0 Å². The summed E-state index contributed by atoms with van der Waals surface area (Å²) in [5.74, 6) is -2.64. The van der Waals surface area contributed by atoms with Crippen LogP contribution in [0.3, 0.4) is 0 Å². The van der Waals surface area contributed by atoms with E-state index in [2.05, 4.69) is 38.2 Å². The summed E-state index contributed by atoms with van der Waals surface area (Å²) in [7, 11) is 0. The molecule has 0 aliphatic rings. The van der Waals surface area contributed by atoms with Crippen LogP contribution in [0.4, 0.5) is 0 Å². The number of nitrogens with zero attached hydrogens (tertiary/aromatic N) is 2. The van der Waals surface area contributed by atoms with Gasteiger partial charge in [-0.1, -0.05) is 179 Å². The largest absolute Gasteiger partial charge is 0.476 e. The van der Waals surface area contributed by atoms with Crippen molar-refractivity contribution in [3.63, 3.8) is 0 Å². The quantitative estimate of drug-likeness (QED) is 0.0269. The van der Waals surface area contributed by atoms with Crippen molar-refractivity contribution in [2.75, 3.05) is 0 Å². The summed E-state index contributed by atoms with van der Waals surface area (Å²) >= 11 is 0. The minimum Gasteiger partial charge on any atom is -0.476 e. The Balaban J connectivity index is 0. The second-order valence-corrected chi connectivity index (χ2v) is 15.1. The molecule has 0 saturated heterocycles. The van der Waals surface area contributed by atoms with E-state index < -0.39 is 33.9 Å². The Labute approximate surface area is 329 Å². The summed E-state index contributed by atoms with van der Waals surface area (Å²) in [6.45, 7) is 4.51. The number of nitro groups is 2. The molecule has 0 fully saturated rings. The SMILES string of the molecule is CCCCCCCC/C=C\CCCCCCCCCCC(C(=O)O)[N+](=O)[O-].CCCCCCCC/C=C\CCCCCCCCCCC(C(=O)O)[N+](=O)[O-]. The zero-order valence-corrected chi connectivity index (χ0v) is 34.7. The van der Waals surface area contributed by atoms with Crippen molar-refractivity contribution < 1.29 is 29.6 Å².